The predicted molar refractivity (Wildman–Crippen MR) is 80.9 cm³/mol. The second kappa shape index (κ2) is 11.5. The van der Waals surface area contributed by atoms with Gasteiger partial charge in [0.2, 0.25) is 0 Å². The van der Waals surface area contributed by atoms with Crippen molar-refractivity contribution in [3.05, 3.63) is 35.9 Å². The molecule has 0 heterocycles. The molecule has 0 unspecified atom stereocenters. The number of carboxylic acid groups (broad SMARTS) is 1. The van der Waals surface area contributed by atoms with E-state index in [1.54, 1.807) is 0 Å². The summed E-state index contributed by atoms with van der Waals surface area (Å²) in [5.74, 6) is -0.688. The van der Waals surface area contributed by atoms with Gasteiger partial charge in [-0.05, 0) is 31.2 Å². The lowest BCUT2D eigenvalue weighted by Crippen LogP contribution is -1.99. The van der Waals surface area contributed by atoms with Crippen LogP contribution in [0.5, 0.6) is 0 Å². The van der Waals surface area contributed by atoms with E-state index in [4.69, 9.17) is 9.84 Å². The Morgan fingerprint density at radius 3 is 2.30 bits per heavy atom. The molecule has 112 valence electrons. The summed E-state index contributed by atoms with van der Waals surface area (Å²) in [5, 5.41) is 8.50. The summed E-state index contributed by atoms with van der Waals surface area (Å²) in [6.45, 7) is 1.65. The van der Waals surface area contributed by atoms with E-state index >= 15 is 0 Å². The molecule has 0 aromatic heterocycles. The quantitative estimate of drug-likeness (QED) is 0.586. The molecule has 0 radical (unpaired) electrons. The summed E-state index contributed by atoms with van der Waals surface area (Å²) >= 11 is 0. The molecule has 0 saturated heterocycles. The molecule has 3 nitrogen and oxygen atoms in total. The number of aryl methyl sites for hydroxylation is 1. The predicted octanol–water partition coefficient (Wildman–Crippen LogP) is 4.06. The Bertz CT molecular complexity index is 349. The maximum absolute atomic E-state index is 10.3. The van der Waals surface area contributed by atoms with Crippen molar-refractivity contribution >= 4 is 5.97 Å². The van der Waals surface area contributed by atoms with Crippen molar-refractivity contribution in [2.45, 2.75) is 51.4 Å². The van der Waals surface area contributed by atoms with Crippen LogP contribution in [0.3, 0.4) is 0 Å². The van der Waals surface area contributed by atoms with E-state index < -0.39 is 5.97 Å². The minimum Gasteiger partial charge on any atom is -0.481 e. The first-order valence-electron chi connectivity index (χ1n) is 7.62. The number of hydrogen-bond donors (Lipinski definition) is 1. The number of benzene rings is 1. The largest absolute Gasteiger partial charge is 0.481 e. The van der Waals surface area contributed by atoms with Crippen LogP contribution in [0.1, 0.15) is 50.5 Å². The zero-order valence-corrected chi connectivity index (χ0v) is 12.2. The van der Waals surface area contributed by atoms with Crippen molar-refractivity contribution in [3.63, 3.8) is 0 Å². The van der Waals surface area contributed by atoms with Crippen molar-refractivity contribution in [2.24, 2.45) is 0 Å². The topological polar surface area (TPSA) is 46.5 Å². The molecule has 0 amide bonds. The highest BCUT2D eigenvalue weighted by molar-refractivity contribution is 5.66. The van der Waals surface area contributed by atoms with Crippen molar-refractivity contribution in [3.8, 4) is 0 Å². The van der Waals surface area contributed by atoms with Crippen LogP contribution < -0.4 is 0 Å². The van der Waals surface area contributed by atoms with E-state index in [1.165, 1.54) is 5.56 Å². The Labute approximate surface area is 122 Å². The van der Waals surface area contributed by atoms with Gasteiger partial charge in [-0.3, -0.25) is 4.79 Å². The SMILES string of the molecule is O=C(O)CCCCCCCOCCCc1ccccc1. The van der Waals surface area contributed by atoms with Crippen LogP contribution in [-0.2, 0) is 16.0 Å². The number of rotatable bonds is 12. The number of aliphatic carboxylic acids is 1. The highest BCUT2D eigenvalue weighted by Gasteiger charge is 1.97. The molecule has 20 heavy (non-hydrogen) atoms. The third kappa shape index (κ3) is 9.56. The van der Waals surface area contributed by atoms with Crippen LogP contribution in [-0.4, -0.2) is 24.3 Å². The third-order valence-electron chi connectivity index (χ3n) is 3.28. The van der Waals surface area contributed by atoms with Crippen LogP contribution in [0, 0.1) is 0 Å². The molecule has 0 fully saturated rings. The molecular weight excluding hydrogens is 252 g/mol. The van der Waals surface area contributed by atoms with Gasteiger partial charge in [0.25, 0.3) is 0 Å². The van der Waals surface area contributed by atoms with Crippen LogP contribution in [0.25, 0.3) is 0 Å². The minimum absolute atomic E-state index is 0.302. The van der Waals surface area contributed by atoms with Gasteiger partial charge in [-0.2, -0.15) is 0 Å². The Morgan fingerprint density at radius 1 is 0.900 bits per heavy atom. The Morgan fingerprint density at radius 2 is 1.55 bits per heavy atom. The van der Waals surface area contributed by atoms with Gasteiger partial charge >= 0.3 is 5.97 Å². The molecule has 1 aromatic rings. The summed E-state index contributed by atoms with van der Waals surface area (Å²) in [7, 11) is 0. The second-order valence-corrected chi connectivity index (χ2v) is 5.11. The summed E-state index contributed by atoms with van der Waals surface area (Å²) < 4.78 is 5.61. The van der Waals surface area contributed by atoms with Gasteiger partial charge in [0, 0.05) is 19.6 Å². The fourth-order valence-electron chi connectivity index (χ4n) is 2.14. The van der Waals surface area contributed by atoms with Crippen molar-refractivity contribution < 1.29 is 14.6 Å². The number of unbranched alkanes of at least 4 members (excludes halogenated alkanes) is 4. The first-order valence-corrected chi connectivity index (χ1v) is 7.62. The fraction of sp³-hybridized carbons (Fsp3) is 0.588. The maximum atomic E-state index is 10.3. The van der Waals surface area contributed by atoms with Crippen molar-refractivity contribution in [2.75, 3.05) is 13.2 Å². The summed E-state index contributed by atoms with van der Waals surface area (Å²) in [6, 6.07) is 10.5. The van der Waals surface area contributed by atoms with Gasteiger partial charge < -0.3 is 9.84 Å². The monoisotopic (exact) mass is 278 g/mol. The highest BCUT2D eigenvalue weighted by atomic mass is 16.5. The summed E-state index contributed by atoms with van der Waals surface area (Å²) in [5.41, 5.74) is 1.37. The summed E-state index contributed by atoms with van der Waals surface area (Å²) in [6.07, 6.45) is 7.60. The van der Waals surface area contributed by atoms with Crippen LogP contribution in [0.2, 0.25) is 0 Å². The first kappa shape index (κ1) is 16.7. The Balaban J connectivity index is 1.80. The van der Waals surface area contributed by atoms with Gasteiger partial charge in [0.1, 0.15) is 0 Å². The zero-order chi connectivity index (χ0) is 14.5. The molecule has 1 rings (SSSR count). The molecular formula is C17H26O3. The fourth-order valence-corrected chi connectivity index (χ4v) is 2.14. The third-order valence-corrected chi connectivity index (χ3v) is 3.28. The first-order chi connectivity index (χ1) is 9.79. The molecule has 0 atom stereocenters. The van der Waals surface area contributed by atoms with Crippen LogP contribution in [0.15, 0.2) is 30.3 Å². The Kier molecular flexibility index (Phi) is 9.58. The number of carboxylic acids is 1. The number of carbonyl (C=O) groups is 1. The molecule has 0 aliphatic rings. The van der Waals surface area contributed by atoms with E-state index in [1.807, 2.05) is 6.07 Å². The highest BCUT2D eigenvalue weighted by Crippen LogP contribution is 2.06. The number of ether oxygens (including phenoxy) is 1. The van der Waals surface area contributed by atoms with E-state index in [2.05, 4.69) is 24.3 Å². The minimum atomic E-state index is -0.688. The number of hydrogen-bond acceptors (Lipinski definition) is 2. The van der Waals surface area contributed by atoms with Crippen molar-refractivity contribution in [1.82, 2.24) is 0 Å². The molecule has 3 heteroatoms. The molecule has 0 bridgehead atoms. The van der Waals surface area contributed by atoms with Gasteiger partial charge in [-0.25, -0.2) is 0 Å². The van der Waals surface area contributed by atoms with Gasteiger partial charge in [-0.1, -0.05) is 49.6 Å². The molecule has 0 aliphatic heterocycles. The lowest BCUT2D eigenvalue weighted by atomic mass is 10.1. The normalized spacial score (nSPS) is 10.6. The maximum Gasteiger partial charge on any atom is 0.303 e. The smallest absolute Gasteiger partial charge is 0.303 e. The second-order valence-electron chi connectivity index (χ2n) is 5.11. The Hall–Kier alpha value is -1.35. The molecule has 1 N–H and O–H groups in total. The molecule has 0 aliphatic carbocycles. The van der Waals surface area contributed by atoms with Gasteiger partial charge in [0.15, 0.2) is 0 Å². The van der Waals surface area contributed by atoms with E-state index in [9.17, 15) is 4.79 Å². The van der Waals surface area contributed by atoms with E-state index in [-0.39, 0.29) is 0 Å². The van der Waals surface area contributed by atoms with E-state index in [0.717, 1.165) is 58.2 Å². The molecule has 0 spiro atoms. The lowest BCUT2D eigenvalue weighted by Gasteiger charge is -2.04. The molecule has 1 aromatic carbocycles. The summed E-state index contributed by atoms with van der Waals surface area (Å²) in [4.78, 5) is 10.3. The zero-order valence-electron chi connectivity index (χ0n) is 12.2. The molecule has 0 saturated carbocycles. The van der Waals surface area contributed by atoms with Crippen molar-refractivity contribution in [1.29, 1.82) is 0 Å². The van der Waals surface area contributed by atoms with E-state index in [0.29, 0.717) is 6.42 Å². The van der Waals surface area contributed by atoms with Gasteiger partial charge in [0.05, 0.1) is 0 Å². The van der Waals surface area contributed by atoms with Crippen LogP contribution >= 0.6 is 0 Å². The van der Waals surface area contributed by atoms with Gasteiger partial charge in [-0.15, -0.1) is 0 Å². The lowest BCUT2D eigenvalue weighted by molar-refractivity contribution is -0.137. The average molecular weight is 278 g/mol. The van der Waals surface area contributed by atoms with Crippen LogP contribution in [0.4, 0.5) is 0 Å². The average Bonchev–Trinajstić information content (AvgIpc) is 2.45. The standard InChI is InChI=1S/C17H26O3/c18-17(19)13-7-2-1-3-8-14-20-15-9-12-16-10-5-4-6-11-16/h4-6,10-11H,1-3,7-9,12-15H2,(H,18,19).